The van der Waals surface area contributed by atoms with Crippen LogP contribution in [0.3, 0.4) is 0 Å². The van der Waals surface area contributed by atoms with Gasteiger partial charge in [-0.05, 0) is 32.8 Å². The van der Waals surface area contributed by atoms with Gasteiger partial charge in [0.05, 0.1) is 6.10 Å². The molecule has 1 aromatic rings. The zero-order valence-electron chi connectivity index (χ0n) is 20.3. The summed E-state index contributed by atoms with van der Waals surface area (Å²) in [6, 6.07) is 9.92. The predicted molar refractivity (Wildman–Crippen MR) is 126 cm³/mol. The van der Waals surface area contributed by atoms with Crippen LogP contribution in [0.15, 0.2) is 41.9 Å². The molecule has 1 fully saturated rings. The third kappa shape index (κ3) is 6.72. The molecule has 1 atom stereocenters. The van der Waals surface area contributed by atoms with Crippen molar-refractivity contribution in [3.8, 4) is 0 Å². The van der Waals surface area contributed by atoms with Gasteiger partial charge in [-0.3, -0.25) is 14.4 Å². The number of hydrogen-bond donors (Lipinski definition) is 0. The fourth-order valence-corrected chi connectivity index (χ4v) is 4.08. The fraction of sp³-hybridized carbons (Fsp3) is 0.560. The summed E-state index contributed by atoms with van der Waals surface area (Å²) >= 11 is 0. The average molecular weight is 474 g/mol. The van der Waals surface area contributed by atoms with E-state index >= 15 is 0 Å². The summed E-state index contributed by atoms with van der Waals surface area (Å²) < 4.78 is 17.0. The Morgan fingerprint density at radius 3 is 2.47 bits per heavy atom. The highest BCUT2D eigenvalue weighted by molar-refractivity contribution is 5.95. The second kappa shape index (κ2) is 12.4. The molecule has 9 heteroatoms. The van der Waals surface area contributed by atoms with Crippen LogP contribution in [-0.4, -0.2) is 97.6 Å². The molecule has 0 spiro atoms. The second-order valence-electron chi connectivity index (χ2n) is 8.34. The molecule has 3 rings (SSSR count). The largest absolute Gasteiger partial charge is 0.491 e. The van der Waals surface area contributed by atoms with Crippen molar-refractivity contribution in [1.29, 1.82) is 0 Å². The molecule has 2 aliphatic heterocycles. The molecule has 0 aliphatic carbocycles. The van der Waals surface area contributed by atoms with Gasteiger partial charge in [0.25, 0.3) is 5.91 Å². The van der Waals surface area contributed by atoms with E-state index in [1.54, 1.807) is 16.7 Å². The van der Waals surface area contributed by atoms with Crippen LogP contribution in [0.5, 0.6) is 0 Å². The molecular formula is C25H35N3O6. The lowest BCUT2D eigenvalue weighted by molar-refractivity contribution is -0.140. The Kier molecular flexibility index (Phi) is 9.33. The molecule has 2 heterocycles. The highest BCUT2D eigenvalue weighted by Gasteiger charge is 2.34. The van der Waals surface area contributed by atoms with Gasteiger partial charge < -0.3 is 28.9 Å². The molecule has 3 amide bonds. The van der Waals surface area contributed by atoms with Gasteiger partial charge in [0.1, 0.15) is 32.1 Å². The summed E-state index contributed by atoms with van der Waals surface area (Å²) in [5, 5.41) is 0. The number of amides is 3. The van der Waals surface area contributed by atoms with Gasteiger partial charge in [-0.1, -0.05) is 30.3 Å². The van der Waals surface area contributed by atoms with E-state index in [1.165, 1.54) is 4.90 Å². The van der Waals surface area contributed by atoms with Crippen LogP contribution in [-0.2, 0) is 35.0 Å². The van der Waals surface area contributed by atoms with Crippen molar-refractivity contribution in [3.63, 3.8) is 0 Å². The van der Waals surface area contributed by atoms with Gasteiger partial charge in [-0.15, -0.1) is 0 Å². The minimum Gasteiger partial charge on any atom is -0.491 e. The van der Waals surface area contributed by atoms with Crippen LogP contribution < -0.4 is 0 Å². The summed E-state index contributed by atoms with van der Waals surface area (Å²) in [5.41, 5.74) is 1.12. The maximum Gasteiger partial charge on any atom is 0.293 e. The molecule has 1 aromatic carbocycles. The maximum atomic E-state index is 13.2. The van der Waals surface area contributed by atoms with Crippen molar-refractivity contribution in [2.45, 2.75) is 33.3 Å². The topological polar surface area (TPSA) is 88.6 Å². The quantitative estimate of drug-likeness (QED) is 0.539. The summed E-state index contributed by atoms with van der Waals surface area (Å²) in [4.78, 5) is 43.6. The number of nitrogens with zero attached hydrogens (tertiary/aromatic N) is 3. The SMILES string of the molecule is CCN(CC)C(=O)COC1CN(CCc2ccccc2)C(=O)CN(C(=O)C2=C(C)OCCO2)C1. The fourth-order valence-electron chi connectivity index (χ4n) is 4.08. The molecule has 0 saturated carbocycles. The first-order chi connectivity index (χ1) is 16.4. The van der Waals surface area contributed by atoms with Crippen LogP contribution in [0.25, 0.3) is 0 Å². The first-order valence-electron chi connectivity index (χ1n) is 11.9. The number of benzene rings is 1. The minimum absolute atomic E-state index is 0.0857. The number of likely N-dealkylation sites (N-methyl/N-ethyl adjacent to an activating group) is 1. The van der Waals surface area contributed by atoms with Crippen LogP contribution in [0.2, 0.25) is 0 Å². The van der Waals surface area contributed by atoms with Crippen LogP contribution in [0, 0.1) is 0 Å². The first kappa shape index (κ1) is 25.6. The molecule has 0 bridgehead atoms. The molecule has 1 saturated heterocycles. The Balaban J connectivity index is 1.74. The van der Waals surface area contributed by atoms with Gasteiger partial charge >= 0.3 is 0 Å². The molecule has 0 radical (unpaired) electrons. The summed E-state index contributed by atoms with van der Waals surface area (Å²) in [6.07, 6.45) is 0.184. The normalized spacial score (nSPS) is 18.8. The zero-order chi connectivity index (χ0) is 24.5. The van der Waals surface area contributed by atoms with E-state index in [9.17, 15) is 14.4 Å². The van der Waals surface area contributed by atoms with Gasteiger partial charge in [-0.2, -0.15) is 0 Å². The van der Waals surface area contributed by atoms with E-state index in [0.29, 0.717) is 45.0 Å². The summed E-state index contributed by atoms with van der Waals surface area (Å²) in [7, 11) is 0. The van der Waals surface area contributed by atoms with Crippen molar-refractivity contribution in [1.82, 2.24) is 14.7 Å². The van der Waals surface area contributed by atoms with E-state index in [4.69, 9.17) is 14.2 Å². The third-order valence-corrected chi connectivity index (χ3v) is 6.05. The molecule has 2 aliphatic rings. The Bertz CT molecular complexity index is 884. The van der Waals surface area contributed by atoms with Crippen molar-refractivity contribution >= 4 is 17.7 Å². The Morgan fingerprint density at radius 2 is 1.79 bits per heavy atom. The van der Waals surface area contributed by atoms with Crippen LogP contribution in [0.4, 0.5) is 0 Å². The first-order valence-corrected chi connectivity index (χ1v) is 11.9. The minimum atomic E-state index is -0.504. The smallest absolute Gasteiger partial charge is 0.293 e. The summed E-state index contributed by atoms with van der Waals surface area (Å²) in [5.74, 6) is -0.158. The monoisotopic (exact) mass is 473 g/mol. The average Bonchev–Trinajstić information content (AvgIpc) is 3.01. The lowest BCUT2D eigenvalue weighted by Gasteiger charge is -2.27. The van der Waals surface area contributed by atoms with E-state index < -0.39 is 12.0 Å². The Labute approximate surface area is 201 Å². The number of rotatable bonds is 9. The van der Waals surface area contributed by atoms with Crippen molar-refractivity contribution < 1.29 is 28.6 Å². The van der Waals surface area contributed by atoms with Gasteiger partial charge in [0.2, 0.25) is 17.6 Å². The number of carbonyl (C=O) groups excluding carboxylic acids is 3. The Morgan fingerprint density at radius 1 is 1.09 bits per heavy atom. The predicted octanol–water partition coefficient (Wildman–Crippen LogP) is 1.43. The second-order valence-corrected chi connectivity index (χ2v) is 8.34. The Hall–Kier alpha value is -3.07. The molecule has 1 unspecified atom stereocenters. The third-order valence-electron chi connectivity index (χ3n) is 6.05. The molecule has 9 nitrogen and oxygen atoms in total. The van der Waals surface area contributed by atoms with Gasteiger partial charge in [-0.25, -0.2) is 0 Å². The van der Waals surface area contributed by atoms with Crippen molar-refractivity contribution in [3.05, 3.63) is 47.4 Å². The van der Waals surface area contributed by atoms with Gasteiger partial charge in [0.15, 0.2) is 0 Å². The lowest BCUT2D eigenvalue weighted by Crippen LogP contribution is -2.42. The van der Waals surface area contributed by atoms with E-state index in [2.05, 4.69) is 0 Å². The maximum absolute atomic E-state index is 13.2. The highest BCUT2D eigenvalue weighted by Crippen LogP contribution is 2.18. The van der Waals surface area contributed by atoms with E-state index in [0.717, 1.165) is 5.56 Å². The van der Waals surface area contributed by atoms with E-state index in [1.807, 2.05) is 44.2 Å². The molecule has 0 N–H and O–H groups in total. The summed E-state index contributed by atoms with van der Waals surface area (Å²) in [6.45, 7) is 8.16. The van der Waals surface area contributed by atoms with E-state index in [-0.39, 0.29) is 43.9 Å². The van der Waals surface area contributed by atoms with Crippen molar-refractivity contribution in [2.75, 3.05) is 59.1 Å². The molecule has 0 aromatic heterocycles. The van der Waals surface area contributed by atoms with Crippen LogP contribution >= 0.6 is 0 Å². The highest BCUT2D eigenvalue weighted by atomic mass is 16.6. The van der Waals surface area contributed by atoms with Gasteiger partial charge in [0, 0.05) is 32.7 Å². The van der Waals surface area contributed by atoms with Crippen LogP contribution in [0.1, 0.15) is 26.3 Å². The number of carbonyl (C=O) groups is 3. The molecular weight excluding hydrogens is 438 g/mol. The van der Waals surface area contributed by atoms with Crippen molar-refractivity contribution in [2.24, 2.45) is 0 Å². The number of ether oxygens (including phenoxy) is 3. The molecule has 186 valence electrons. The standard InChI is InChI=1S/C25H35N3O6/c1-4-26(5-2)23(30)18-34-21-15-27(12-11-20-9-7-6-8-10-20)22(29)17-28(16-21)25(31)24-19(3)32-13-14-33-24/h6-10,21H,4-5,11-18H2,1-3H3. The zero-order valence-corrected chi connectivity index (χ0v) is 20.3. The molecule has 34 heavy (non-hydrogen) atoms. The number of hydrogen-bond acceptors (Lipinski definition) is 6. The lowest BCUT2D eigenvalue weighted by atomic mass is 10.1. The number of allylic oxidation sites excluding steroid dienone is 1.